The lowest BCUT2D eigenvalue weighted by atomic mass is 10.1. The predicted molar refractivity (Wildman–Crippen MR) is 97.7 cm³/mol. The van der Waals surface area contributed by atoms with E-state index in [4.69, 9.17) is 11.6 Å². The number of pyridine rings is 1. The van der Waals surface area contributed by atoms with Gasteiger partial charge in [-0.15, -0.1) is 0 Å². The second-order valence-electron chi connectivity index (χ2n) is 5.22. The Morgan fingerprint density at radius 3 is 2.68 bits per heavy atom. The van der Waals surface area contributed by atoms with Crippen molar-refractivity contribution in [1.82, 2.24) is 9.29 Å². The number of carbonyl (C=O) groups is 1. The molecule has 0 fully saturated rings. The van der Waals surface area contributed by atoms with Gasteiger partial charge in [0.25, 0.3) is 0 Å². The average molecular weight is 448 g/mol. The van der Waals surface area contributed by atoms with Gasteiger partial charge in [-0.3, -0.25) is 4.79 Å². The minimum atomic E-state index is -4.07. The molecule has 0 bridgehead atoms. The van der Waals surface area contributed by atoms with Crippen LogP contribution in [0.25, 0.3) is 0 Å². The number of nitrogens with zero attached hydrogens (tertiary/aromatic N) is 2. The van der Waals surface area contributed by atoms with Crippen LogP contribution < -0.4 is 0 Å². The lowest BCUT2D eigenvalue weighted by Crippen LogP contribution is -2.36. The van der Waals surface area contributed by atoms with Crippen molar-refractivity contribution in [2.24, 2.45) is 0 Å². The highest BCUT2D eigenvalue weighted by molar-refractivity contribution is 9.10. The van der Waals surface area contributed by atoms with Crippen LogP contribution in [0.3, 0.4) is 0 Å². The fourth-order valence-corrected chi connectivity index (χ4v) is 4.42. The normalized spacial score (nSPS) is 11.6. The number of benzene rings is 1. The minimum absolute atomic E-state index is 0.00689. The van der Waals surface area contributed by atoms with Crippen LogP contribution in [0.5, 0.6) is 0 Å². The van der Waals surface area contributed by atoms with Gasteiger partial charge >= 0.3 is 5.97 Å². The summed E-state index contributed by atoms with van der Waals surface area (Å²) in [6.07, 6.45) is 1.40. The van der Waals surface area contributed by atoms with Crippen molar-refractivity contribution in [2.75, 3.05) is 13.7 Å². The molecule has 1 aromatic carbocycles. The Morgan fingerprint density at radius 1 is 1.36 bits per heavy atom. The summed E-state index contributed by atoms with van der Waals surface area (Å²) in [7, 11) is -2.86. The number of halogens is 2. The molecule has 0 amide bonds. The van der Waals surface area contributed by atoms with E-state index < -0.39 is 22.5 Å². The van der Waals surface area contributed by atoms with Crippen LogP contribution in [0, 0.1) is 6.92 Å². The predicted octanol–water partition coefficient (Wildman–Crippen LogP) is 3.17. The Hall–Kier alpha value is -1.48. The van der Waals surface area contributed by atoms with Crippen molar-refractivity contribution in [3.63, 3.8) is 0 Å². The summed E-state index contributed by atoms with van der Waals surface area (Å²) < 4.78 is 32.2. The van der Waals surface area contributed by atoms with Crippen molar-refractivity contribution < 1.29 is 17.9 Å². The van der Waals surface area contributed by atoms with Crippen LogP contribution in [0.2, 0.25) is 5.15 Å². The highest BCUT2D eigenvalue weighted by Crippen LogP contribution is 2.27. The van der Waals surface area contributed by atoms with Crippen LogP contribution >= 0.6 is 27.5 Å². The maximum atomic E-state index is 13.0. The molecule has 0 atom stereocenters. The standard InChI is InChI=1S/C16H16BrClN2O4S/c1-11-5-3-4-6-12(11)9-20(10-15(21)24-2)25(22,23)14-7-13(17)8-19-16(14)18/h3-8H,9-10H2,1-2H3. The van der Waals surface area contributed by atoms with Gasteiger partial charge in [-0.25, -0.2) is 13.4 Å². The van der Waals surface area contributed by atoms with E-state index in [1.807, 2.05) is 19.1 Å². The van der Waals surface area contributed by atoms with Gasteiger partial charge in [0.2, 0.25) is 10.0 Å². The van der Waals surface area contributed by atoms with E-state index in [-0.39, 0.29) is 16.6 Å². The van der Waals surface area contributed by atoms with Gasteiger partial charge in [0.15, 0.2) is 0 Å². The zero-order valence-electron chi connectivity index (χ0n) is 13.6. The van der Waals surface area contributed by atoms with E-state index in [2.05, 4.69) is 25.7 Å². The molecule has 0 N–H and O–H groups in total. The molecule has 0 saturated heterocycles. The number of methoxy groups -OCH3 is 1. The summed E-state index contributed by atoms with van der Waals surface area (Å²) >= 11 is 9.16. The van der Waals surface area contributed by atoms with Gasteiger partial charge in [-0.2, -0.15) is 4.31 Å². The minimum Gasteiger partial charge on any atom is -0.468 e. The Balaban J connectivity index is 2.48. The third-order valence-electron chi connectivity index (χ3n) is 3.53. The van der Waals surface area contributed by atoms with Gasteiger partial charge in [0.1, 0.15) is 16.6 Å². The average Bonchev–Trinajstić information content (AvgIpc) is 2.57. The van der Waals surface area contributed by atoms with E-state index in [1.54, 1.807) is 12.1 Å². The van der Waals surface area contributed by atoms with Gasteiger partial charge in [0.05, 0.1) is 7.11 Å². The second kappa shape index (κ2) is 8.27. The molecule has 6 nitrogen and oxygen atoms in total. The monoisotopic (exact) mass is 446 g/mol. The molecule has 134 valence electrons. The Labute approximate surface area is 159 Å². The first-order valence-electron chi connectivity index (χ1n) is 7.18. The van der Waals surface area contributed by atoms with Gasteiger partial charge < -0.3 is 4.74 Å². The van der Waals surface area contributed by atoms with E-state index in [0.29, 0.717) is 4.47 Å². The van der Waals surface area contributed by atoms with E-state index in [9.17, 15) is 13.2 Å². The lowest BCUT2D eigenvalue weighted by molar-refractivity contribution is -0.140. The zero-order chi connectivity index (χ0) is 18.6. The van der Waals surface area contributed by atoms with Crippen LogP contribution in [0.4, 0.5) is 0 Å². The topological polar surface area (TPSA) is 76.6 Å². The maximum absolute atomic E-state index is 13.0. The van der Waals surface area contributed by atoms with E-state index in [1.165, 1.54) is 19.4 Å². The molecule has 0 aliphatic heterocycles. The molecule has 2 aromatic rings. The molecule has 0 saturated carbocycles. The van der Waals surface area contributed by atoms with E-state index in [0.717, 1.165) is 15.4 Å². The number of esters is 1. The Bertz CT molecular complexity index is 889. The van der Waals surface area contributed by atoms with Crippen molar-refractivity contribution in [3.05, 3.63) is 57.3 Å². The molecule has 2 rings (SSSR count). The number of rotatable bonds is 6. The van der Waals surface area contributed by atoms with Gasteiger partial charge in [0, 0.05) is 17.2 Å². The number of aryl methyl sites for hydroxylation is 1. The first-order chi connectivity index (χ1) is 11.8. The Morgan fingerprint density at radius 2 is 2.04 bits per heavy atom. The summed E-state index contributed by atoms with van der Waals surface area (Å²) in [5.41, 5.74) is 1.68. The SMILES string of the molecule is COC(=O)CN(Cc1ccccc1C)S(=O)(=O)c1cc(Br)cnc1Cl. The van der Waals surface area contributed by atoms with Crippen molar-refractivity contribution in [2.45, 2.75) is 18.4 Å². The fourth-order valence-electron chi connectivity index (χ4n) is 2.14. The van der Waals surface area contributed by atoms with Gasteiger partial charge in [-0.1, -0.05) is 35.9 Å². The number of hydrogen-bond donors (Lipinski definition) is 0. The molecule has 0 spiro atoms. The van der Waals surface area contributed by atoms with Crippen LogP contribution in [-0.4, -0.2) is 37.3 Å². The highest BCUT2D eigenvalue weighted by Gasteiger charge is 2.30. The van der Waals surface area contributed by atoms with Crippen molar-refractivity contribution >= 4 is 43.5 Å². The molecule has 0 aliphatic rings. The number of sulfonamides is 1. The van der Waals surface area contributed by atoms with Crippen LogP contribution in [0.15, 0.2) is 45.9 Å². The summed E-state index contributed by atoms with van der Waals surface area (Å²) in [6.45, 7) is 1.44. The number of ether oxygens (including phenoxy) is 1. The molecular weight excluding hydrogens is 432 g/mol. The first-order valence-corrected chi connectivity index (χ1v) is 9.79. The fraction of sp³-hybridized carbons (Fsp3) is 0.250. The van der Waals surface area contributed by atoms with E-state index >= 15 is 0 Å². The molecule has 0 aliphatic carbocycles. The zero-order valence-corrected chi connectivity index (χ0v) is 16.7. The number of hydrogen-bond acceptors (Lipinski definition) is 5. The highest BCUT2D eigenvalue weighted by atomic mass is 79.9. The summed E-state index contributed by atoms with van der Waals surface area (Å²) in [5, 5.41) is -0.164. The molecule has 1 heterocycles. The molecular formula is C16H16BrClN2O4S. The third kappa shape index (κ3) is 4.78. The second-order valence-corrected chi connectivity index (χ2v) is 8.40. The number of carbonyl (C=O) groups excluding carboxylic acids is 1. The van der Waals surface area contributed by atoms with Crippen molar-refractivity contribution in [3.8, 4) is 0 Å². The molecule has 1 aromatic heterocycles. The summed E-state index contributed by atoms with van der Waals surface area (Å²) in [6, 6.07) is 8.68. The molecule has 0 radical (unpaired) electrons. The van der Waals surface area contributed by atoms with Gasteiger partial charge in [-0.05, 0) is 40.0 Å². The molecule has 9 heteroatoms. The molecule has 25 heavy (non-hydrogen) atoms. The Kier molecular flexibility index (Phi) is 6.56. The largest absolute Gasteiger partial charge is 0.468 e. The quantitative estimate of drug-likeness (QED) is 0.502. The molecule has 0 unspecified atom stereocenters. The maximum Gasteiger partial charge on any atom is 0.321 e. The number of aromatic nitrogens is 1. The first kappa shape index (κ1) is 19.8. The summed E-state index contributed by atoms with van der Waals surface area (Å²) in [5.74, 6) is -0.670. The summed E-state index contributed by atoms with van der Waals surface area (Å²) in [4.78, 5) is 15.4. The lowest BCUT2D eigenvalue weighted by Gasteiger charge is -2.22. The third-order valence-corrected chi connectivity index (χ3v) is 6.18. The van der Waals surface area contributed by atoms with Crippen molar-refractivity contribution in [1.29, 1.82) is 0 Å². The van der Waals surface area contributed by atoms with Crippen LogP contribution in [-0.2, 0) is 26.1 Å². The smallest absolute Gasteiger partial charge is 0.321 e. The van der Waals surface area contributed by atoms with Crippen LogP contribution in [0.1, 0.15) is 11.1 Å².